The van der Waals surface area contributed by atoms with E-state index in [1.807, 2.05) is 53.0 Å². The summed E-state index contributed by atoms with van der Waals surface area (Å²) in [6.07, 6.45) is 5.82. The fourth-order valence-electron chi connectivity index (χ4n) is 3.20. The van der Waals surface area contributed by atoms with Gasteiger partial charge < -0.3 is 15.0 Å². The number of aromatic nitrogens is 2. The largest absolute Gasteiger partial charge is 0.377 e. The summed E-state index contributed by atoms with van der Waals surface area (Å²) in [7, 11) is 1.68. The predicted octanol–water partition coefficient (Wildman–Crippen LogP) is 3.53. The molecule has 6 heteroatoms. The maximum atomic E-state index is 12.5. The number of carbonyl (C=O) groups is 1. The average Bonchev–Trinajstić information content (AvgIpc) is 3.15. The number of ether oxygens (including phenoxy) is 1. The number of anilines is 1. The highest BCUT2D eigenvalue weighted by Gasteiger charge is 2.23. The Labute approximate surface area is 148 Å². The normalized spacial score (nSPS) is 16.6. The van der Waals surface area contributed by atoms with Gasteiger partial charge in [-0.25, -0.2) is 4.79 Å². The summed E-state index contributed by atoms with van der Waals surface area (Å²) in [4.78, 5) is 14.4. The second-order valence-corrected chi connectivity index (χ2v) is 6.59. The number of amides is 2. The number of methoxy groups -OCH3 is 1. The maximum absolute atomic E-state index is 12.5. The van der Waals surface area contributed by atoms with Crippen molar-refractivity contribution in [2.45, 2.75) is 32.4 Å². The summed E-state index contributed by atoms with van der Waals surface area (Å²) in [6.45, 7) is 4.49. The van der Waals surface area contributed by atoms with E-state index in [2.05, 4.69) is 10.4 Å². The minimum Gasteiger partial charge on any atom is -0.377 e. The monoisotopic (exact) mass is 342 g/mol. The first-order chi connectivity index (χ1) is 12.2. The topological polar surface area (TPSA) is 59.4 Å². The molecule has 1 aromatic carbocycles. The van der Waals surface area contributed by atoms with E-state index in [1.54, 1.807) is 13.3 Å². The van der Waals surface area contributed by atoms with Crippen LogP contribution < -0.4 is 5.32 Å². The van der Waals surface area contributed by atoms with E-state index in [0.29, 0.717) is 5.92 Å². The van der Waals surface area contributed by atoms with Crippen LogP contribution in [0.5, 0.6) is 0 Å². The molecular weight excluding hydrogens is 316 g/mol. The second-order valence-electron chi connectivity index (χ2n) is 6.59. The van der Waals surface area contributed by atoms with Gasteiger partial charge in [0.25, 0.3) is 0 Å². The number of hydrogen-bond donors (Lipinski definition) is 1. The van der Waals surface area contributed by atoms with Crippen molar-refractivity contribution < 1.29 is 9.53 Å². The molecule has 0 radical (unpaired) electrons. The molecule has 1 aliphatic rings. The molecule has 0 saturated carbocycles. The van der Waals surface area contributed by atoms with E-state index in [9.17, 15) is 4.79 Å². The number of urea groups is 1. The zero-order chi connectivity index (χ0) is 17.6. The van der Waals surface area contributed by atoms with Gasteiger partial charge in [-0.2, -0.15) is 5.10 Å². The van der Waals surface area contributed by atoms with Crippen LogP contribution in [0, 0.1) is 5.92 Å². The van der Waals surface area contributed by atoms with Crippen molar-refractivity contribution >= 4 is 11.7 Å². The molecule has 1 N–H and O–H groups in total. The van der Waals surface area contributed by atoms with E-state index in [1.165, 1.54) is 0 Å². The quantitative estimate of drug-likeness (QED) is 0.904. The van der Waals surface area contributed by atoms with Crippen LogP contribution in [-0.2, 0) is 11.3 Å². The Morgan fingerprint density at radius 2 is 2.16 bits per heavy atom. The van der Waals surface area contributed by atoms with Crippen LogP contribution in [-0.4, -0.2) is 40.9 Å². The zero-order valence-electron chi connectivity index (χ0n) is 14.9. The lowest BCUT2D eigenvalue weighted by molar-refractivity contribution is 0.119. The summed E-state index contributed by atoms with van der Waals surface area (Å²) in [5.41, 5.74) is 1.86. The molecule has 3 rings (SSSR count). The standard InChI is InChI=1S/C19H26N4O2/c1-15(25-2)17-5-3-6-18(13-17)21-19(24)22-11-7-16(8-12-22)14-23-10-4-9-20-23/h3-6,9-10,13,15-16H,7-8,11-12,14H2,1-2H3,(H,21,24). The molecule has 25 heavy (non-hydrogen) atoms. The number of benzene rings is 1. The number of nitrogens with one attached hydrogen (secondary N) is 1. The highest BCUT2D eigenvalue weighted by Crippen LogP contribution is 2.22. The lowest BCUT2D eigenvalue weighted by Gasteiger charge is -2.32. The van der Waals surface area contributed by atoms with Crippen LogP contribution in [0.2, 0.25) is 0 Å². The molecule has 0 bridgehead atoms. The first kappa shape index (κ1) is 17.5. The van der Waals surface area contributed by atoms with Gasteiger partial charge in [0.15, 0.2) is 0 Å². The van der Waals surface area contributed by atoms with Gasteiger partial charge in [-0.3, -0.25) is 4.68 Å². The van der Waals surface area contributed by atoms with Crippen molar-refractivity contribution in [2.75, 3.05) is 25.5 Å². The zero-order valence-corrected chi connectivity index (χ0v) is 14.9. The molecule has 1 fully saturated rings. The molecule has 6 nitrogen and oxygen atoms in total. The van der Waals surface area contributed by atoms with Crippen molar-refractivity contribution in [3.63, 3.8) is 0 Å². The number of hydrogen-bond acceptors (Lipinski definition) is 3. The Hall–Kier alpha value is -2.34. The van der Waals surface area contributed by atoms with E-state index >= 15 is 0 Å². The number of carbonyl (C=O) groups excluding carboxylic acids is 1. The van der Waals surface area contributed by atoms with Gasteiger partial charge in [0.05, 0.1) is 6.10 Å². The first-order valence-corrected chi connectivity index (χ1v) is 8.82. The smallest absolute Gasteiger partial charge is 0.321 e. The van der Waals surface area contributed by atoms with Gasteiger partial charge in [-0.05, 0) is 49.4 Å². The van der Waals surface area contributed by atoms with Gasteiger partial charge in [-0.1, -0.05) is 12.1 Å². The number of piperidine rings is 1. The minimum absolute atomic E-state index is 0.00916. The van der Waals surface area contributed by atoms with Crippen molar-refractivity contribution in [1.29, 1.82) is 0 Å². The Kier molecular flexibility index (Phi) is 5.71. The SMILES string of the molecule is COC(C)c1cccc(NC(=O)N2CCC(Cn3cccn3)CC2)c1. The third-order valence-corrected chi connectivity index (χ3v) is 4.87. The fraction of sp³-hybridized carbons (Fsp3) is 0.474. The minimum atomic E-state index is -0.0280. The maximum Gasteiger partial charge on any atom is 0.321 e. The molecule has 1 aliphatic heterocycles. The van der Waals surface area contributed by atoms with Crippen LogP contribution in [0.15, 0.2) is 42.7 Å². The number of likely N-dealkylation sites (tertiary alicyclic amines) is 1. The Balaban J connectivity index is 1.51. The molecule has 0 aliphatic carbocycles. The van der Waals surface area contributed by atoms with Gasteiger partial charge in [0.1, 0.15) is 0 Å². The van der Waals surface area contributed by atoms with Gasteiger partial charge in [-0.15, -0.1) is 0 Å². The van der Waals surface area contributed by atoms with Crippen LogP contribution in [0.4, 0.5) is 10.5 Å². The van der Waals surface area contributed by atoms with Crippen molar-refractivity contribution in [2.24, 2.45) is 5.92 Å². The van der Waals surface area contributed by atoms with Crippen LogP contribution >= 0.6 is 0 Å². The van der Waals surface area contributed by atoms with E-state index in [0.717, 1.165) is 43.7 Å². The molecule has 1 atom stereocenters. The van der Waals surface area contributed by atoms with Crippen molar-refractivity contribution in [1.82, 2.24) is 14.7 Å². The third-order valence-electron chi connectivity index (χ3n) is 4.87. The summed E-state index contributed by atoms with van der Waals surface area (Å²) >= 11 is 0. The van der Waals surface area contributed by atoms with Gasteiger partial charge >= 0.3 is 6.03 Å². The first-order valence-electron chi connectivity index (χ1n) is 8.82. The van der Waals surface area contributed by atoms with Gasteiger partial charge in [0.2, 0.25) is 0 Å². The molecule has 1 aromatic heterocycles. The lowest BCUT2D eigenvalue weighted by Crippen LogP contribution is -2.41. The molecule has 1 unspecified atom stereocenters. The summed E-state index contributed by atoms with van der Waals surface area (Å²) in [5.74, 6) is 0.579. The van der Waals surface area contributed by atoms with Crippen LogP contribution in [0.1, 0.15) is 31.4 Å². The second kappa shape index (κ2) is 8.16. The Morgan fingerprint density at radius 1 is 1.36 bits per heavy atom. The van der Waals surface area contributed by atoms with Crippen LogP contribution in [0.3, 0.4) is 0 Å². The Bertz CT molecular complexity index is 678. The van der Waals surface area contributed by atoms with Crippen LogP contribution in [0.25, 0.3) is 0 Å². The number of nitrogens with zero attached hydrogens (tertiary/aromatic N) is 3. The van der Waals surface area contributed by atoms with E-state index in [-0.39, 0.29) is 12.1 Å². The highest BCUT2D eigenvalue weighted by molar-refractivity contribution is 5.89. The average molecular weight is 342 g/mol. The number of rotatable bonds is 5. The molecular formula is C19H26N4O2. The predicted molar refractivity (Wildman–Crippen MR) is 97.4 cm³/mol. The van der Waals surface area contributed by atoms with E-state index in [4.69, 9.17) is 4.74 Å². The Morgan fingerprint density at radius 3 is 2.84 bits per heavy atom. The molecule has 134 valence electrons. The van der Waals surface area contributed by atoms with Crippen molar-refractivity contribution in [3.05, 3.63) is 48.3 Å². The van der Waals surface area contributed by atoms with Crippen molar-refractivity contribution in [3.8, 4) is 0 Å². The summed E-state index contributed by atoms with van der Waals surface area (Å²) < 4.78 is 7.31. The lowest BCUT2D eigenvalue weighted by atomic mass is 9.97. The van der Waals surface area contributed by atoms with Gasteiger partial charge in [0, 0.05) is 44.8 Å². The molecule has 2 aromatic rings. The fourth-order valence-corrected chi connectivity index (χ4v) is 3.20. The highest BCUT2D eigenvalue weighted by atomic mass is 16.5. The molecule has 0 spiro atoms. The summed E-state index contributed by atoms with van der Waals surface area (Å²) in [6, 6.07) is 9.74. The van der Waals surface area contributed by atoms with E-state index < -0.39 is 0 Å². The third kappa shape index (κ3) is 4.60. The molecule has 2 amide bonds. The molecule has 1 saturated heterocycles. The molecule has 2 heterocycles. The summed E-state index contributed by atoms with van der Waals surface area (Å²) in [5, 5.41) is 7.27.